The van der Waals surface area contributed by atoms with E-state index in [0.29, 0.717) is 18.1 Å². The van der Waals surface area contributed by atoms with Crippen molar-refractivity contribution in [3.63, 3.8) is 0 Å². The van der Waals surface area contributed by atoms with Crippen molar-refractivity contribution in [1.82, 2.24) is 4.90 Å². The summed E-state index contributed by atoms with van der Waals surface area (Å²) < 4.78 is 5.40. The fraction of sp³-hybridized carbons (Fsp3) is 0.526. The third kappa shape index (κ3) is 2.70. The summed E-state index contributed by atoms with van der Waals surface area (Å²) in [5, 5.41) is 0. The predicted octanol–water partition coefficient (Wildman–Crippen LogP) is 3.19. The summed E-state index contributed by atoms with van der Waals surface area (Å²) in [7, 11) is 1.70. The first-order valence-corrected chi connectivity index (χ1v) is 8.17. The molecule has 1 saturated carbocycles. The Kier molecular flexibility index (Phi) is 4.34. The summed E-state index contributed by atoms with van der Waals surface area (Å²) in [6.07, 6.45) is 5.45. The number of fused-ring (bicyclic) bond motifs is 1. The Morgan fingerprint density at radius 3 is 3.14 bits per heavy atom. The second-order valence-corrected chi connectivity index (χ2v) is 6.64. The molecule has 2 fully saturated rings. The van der Waals surface area contributed by atoms with E-state index in [-0.39, 0.29) is 5.41 Å². The average molecular weight is 299 g/mol. The zero-order valence-electron chi connectivity index (χ0n) is 13.4. The van der Waals surface area contributed by atoms with Gasteiger partial charge in [0.15, 0.2) is 0 Å². The highest BCUT2D eigenvalue weighted by atomic mass is 16.5. The number of carbonyl (C=O) groups is 1. The molecule has 0 amide bonds. The van der Waals surface area contributed by atoms with Gasteiger partial charge in [-0.25, -0.2) is 0 Å². The van der Waals surface area contributed by atoms with Crippen LogP contribution < -0.4 is 4.74 Å². The van der Waals surface area contributed by atoms with Gasteiger partial charge in [-0.2, -0.15) is 0 Å². The van der Waals surface area contributed by atoms with Crippen LogP contribution in [0.25, 0.3) is 0 Å². The van der Waals surface area contributed by atoms with Gasteiger partial charge in [-0.3, -0.25) is 9.69 Å². The van der Waals surface area contributed by atoms with E-state index in [4.69, 9.17) is 4.74 Å². The first kappa shape index (κ1) is 15.3. The van der Waals surface area contributed by atoms with E-state index < -0.39 is 0 Å². The van der Waals surface area contributed by atoms with Crippen LogP contribution in [0.2, 0.25) is 0 Å². The van der Waals surface area contributed by atoms with Crippen molar-refractivity contribution in [2.24, 2.45) is 5.92 Å². The van der Waals surface area contributed by atoms with Crippen molar-refractivity contribution in [3.8, 4) is 5.75 Å². The molecule has 0 N–H and O–H groups in total. The zero-order chi connectivity index (χ0) is 15.6. The third-order valence-electron chi connectivity index (χ3n) is 5.45. The molecule has 0 aromatic heterocycles. The summed E-state index contributed by atoms with van der Waals surface area (Å²) >= 11 is 0. The van der Waals surface area contributed by atoms with Crippen LogP contribution in [-0.2, 0) is 10.2 Å². The maximum absolute atomic E-state index is 12.2. The molecule has 1 aliphatic carbocycles. The number of hydrogen-bond donors (Lipinski definition) is 0. The van der Waals surface area contributed by atoms with Crippen molar-refractivity contribution in [2.75, 3.05) is 26.7 Å². The molecule has 118 valence electrons. The third-order valence-corrected chi connectivity index (χ3v) is 5.45. The van der Waals surface area contributed by atoms with Crippen LogP contribution in [0.1, 0.15) is 31.2 Å². The van der Waals surface area contributed by atoms with Crippen molar-refractivity contribution < 1.29 is 9.53 Å². The number of likely N-dealkylation sites (tertiary alicyclic amines) is 1. The van der Waals surface area contributed by atoms with Gasteiger partial charge in [0.1, 0.15) is 11.5 Å². The standard InChI is InChI=1S/C19H25NO2/c1-3-10-20-11-9-19(13-17(21)8-7-16(19)14-20)15-5-4-6-18(12-15)22-2/h3-6,12,16H,1,7-11,13-14H2,2H3/t16-,19-/m0/s1. The number of Topliss-reactive ketones (excluding diaryl/α,β-unsaturated/α-hetero) is 1. The summed E-state index contributed by atoms with van der Waals surface area (Å²) in [5.41, 5.74) is 1.28. The first-order chi connectivity index (χ1) is 10.7. The monoisotopic (exact) mass is 299 g/mol. The van der Waals surface area contributed by atoms with Crippen LogP contribution in [0.3, 0.4) is 0 Å². The van der Waals surface area contributed by atoms with Gasteiger partial charge in [0.2, 0.25) is 0 Å². The second-order valence-electron chi connectivity index (χ2n) is 6.64. The summed E-state index contributed by atoms with van der Waals surface area (Å²) in [6.45, 7) is 6.90. The fourth-order valence-corrected chi connectivity index (χ4v) is 4.28. The molecule has 1 aromatic rings. The van der Waals surface area contributed by atoms with Crippen LogP contribution >= 0.6 is 0 Å². The number of methoxy groups -OCH3 is 1. The zero-order valence-corrected chi connectivity index (χ0v) is 13.4. The van der Waals surface area contributed by atoms with Gasteiger partial charge in [-0.1, -0.05) is 18.2 Å². The lowest BCUT2D eigenvalue weighted by Crippen LogP contribution is -2.53. The van der Waals surface area contributed by atoms with E-state index in [0.717, 1.165) is 44.6 Å². The maximum atomic E-state index is 12.2. The van der Waals surface area contributed by atoms with Gasteiger partial charge in [0.25, 0.3) is 0 Å². The highest BCUT2D eigenvalue weighted by Gasteiger charge is 2.47. The van der Waals surface area contributed by atoms with Crippen molar-refractivity contribution in [2.45, 2.75) is 31.1 Å². The number of carbonyl (C=O) groups excluding carboxylic acids is 1. The second kappa shape index (κ2) is 6.25. The van der Waals surface area contributed by atoms with Crippen LogP contribution in [0.4, 0.5) is 0 Å². The molecule has 2 aliphatic rings. The van der Waals surface area contributed by atoms with Crippen LogP contribution in [-0.4, -0.2) is 37.4 Å². The molecule has 3 nitrogen and oxygen atoms in total. The topological polar surface area (TPSA) is 29.5 Å². The lowest BCUT2D eigenvalue weighted by atomic mass is 9.59. The Labute approximate surface area is 133 Å². The van der Waals surface area contributed by atoms with Gasteiger partial charge in [-0.05, 0) is 43.0 Å². The Morgan fingerprint density at radius 2 is 2.36 bits per heavy atom. The molecule has 0 radical (unpaired) electrons. The molecule has 1 heterocycles. The Balaban J connectivity index is 1.95. The van der Waals surface area contributed by atoms with E-state index in [2.05, 4.69) is 29.7 Å². The Morgan fingerprint density at radius 1 is 1.50 bits per heavy atom. The number of ketones is 1. The van der Waals surface area contributed by atoms with Gasteiger partial charge >= 0.3 is 0 Å². The molecule has 3 rings (SSSR count). The smallest absolute Gasteiger partial charge is 0.133 e. The van der Waals surface area contributed by atoms with E-state index in [1.807, 2.05) is 12.1 Å². The molecular formula is C19H25NO2. The number of nitrogens with zero attached hydrogens (tertiary/aromatic N) is 1. The molecule has 1 aliphatic heterocycles. The normalized spacial score (nSPS) is 29.0. The van der Waals surface area contributed by atoms with Gasteiger partial charge in [0.05, 0.1) is 7.11 Å². The van der Waals surface area contributed by atoms with E-state index >= 15 is 0 Å². The molecular weight excluding hydrogens is 274 g/mol. The SMILES string of the molecule is C=CCN1CC[C@@]2(c3cccc(OC)c3)CC(=O)CC[C@H]2C1. The highest BCUT2D eigenvalue weighted by Crippen LogP contribution is 2.48. The highest BCUT2D eigenvalue weighted by molar-refractivity contribution is 5.81. The minimum atomic E-state index is 0.00153. The van der Waals surface area contributed by atoms with Gasteiger partial charge in [-0.15, -0.1) is 6.58 Å². The number of ether oxygens (including phenoxy) is 1. The number of benzene rings is 1. The van der Waals surface area contributed by atoms with Gasteiger partial charge < -0.3 is 4.74 Å². The minimum Gasteiger partial charge on any atom is -0.497 e. The van der Waals surface area contributed by atoms with E-state index in [9.17, 15) is 4.79 Å². The minimum absolute atomic E-state index is 0.00153. The van der Waals surface area contributed by atoms with E-state index in [1.165, 1.54) is 5.56 Å². The average Bonchev–Trinajstić information content (AvgIpc) is 2.55. The molecule has 0 bridgehead atoms. The molecule has 0 unspecified atom stereocenters. The quantitative estimate of drug-likeness (QED) is 0.800. The Bertz CT molecular complexity index is 568. The molecule has 1 saturated heterocycles. The number of hydrogen-bond acceptors (Lipinski definition) is 3. The molecule has 0 spiro atoms. The van der Waals surface area contributed by atoms with Crippen molar-refractivity contribution in [3.05, 3.63) is 42.5 Å². The predicted molar refractivity (Wildman–Crippen MR) is 88.3 cm³/mol. The van der Waals surface area contributed by atoms with Gasteiger partial charge in [0, 0.05) is 31.3 Å². The fourth-order valence-electron chi connectivity index (χ4n) is 4.28. The molecule has 2 atom stereocenters. The van der Waals surface area contributed by atoms with Crippen LogP contribution in [0.5, 0.6) is 5.75 Å². The van der Waals surface area contributed by atoms with Crippen molar-refractivity contribution >= 4 is 5.78 Å². The first-order valence-electron chi connectivity index (χ1n) is 8.17. The summed E-state index contributed by atoms with van der Waals surface area (Å²) in [4.78, 5) is 14.7. The van der Waals surface area contributed by atoms with Crippen molar-refractivity contribution in [1.29, 1.82) is 0 Å². The lowest BCUT2D eigenvalue weighted by molar-refractivity contribution is -0.125. The molecule has 3 heteroatoms. The lowest BCUT2D eigenvalue weighted by Gasteiger charge is -2.50. The Hall–Kier alpha value is -1.61. The van der Waals surface area contributed by atoms with Crippen LogP contribution in [0, 0.1) is 5.92 Å². The number of piperidine rings is 1. The number of rotatable bonds is 4. The summed E-state index contributed by atoms with van der Waals surface area (Å²) in [5.74, 6) is 1.85. The van der Waals surface area contributed by atoms with E-state index in [1.54, 1.807) is 7.11 Å². The van der Waals surface area contributed by atoms with Crippen LogP contribution in [0.15, 0.2) is 36.9 Å². The molecule has 1 aromatic carbocycles. The summed E-state index contributed by atoms with van der Waals surface area (Å²) in [6, 6.07) is 8.34. The largest absolute Gasteiger partial charge is 0.497 e. The maximum Gasteiger partial charge on any atom is 0.133 e. The molecule has 22 heavy (non-hydrogen) atoms.